The minimum Gasteiger partial charge on any atom is -0.248 e. The average Bonchev–Trinajstić information content (AvgIpc) is 3.44. The van der Waals surface area contributed by atoms with E-state index in [4.69, 9.17) is 4.98 Å². The number of hydrogen-bond acceptors (Lipinski definition) is 3. The SMILES string of the molecule is O=S1(=O)c2ccc(-c3ccc(-c4ccccc4)cc3)cc2-c2c(-c3cc(-c4ccc(-c5ccccc5)cc4)cc(-c4ccccc4)n3)cccc21. The van der Waals surface area contributed by atoms with Gasteiger partial charge >= 0.3 is 0 Å². The molecule has 0 unspecified atom stereocenters. The average molecular weight is 674 g/mol. The number of sulfone groups is 1. The first-order chi connectivity index (χ1) is 25.0. The zero-order valence-electron chi connectivity index (χ0n) is 27.6. The van der Waals surface area contributed by atoms with Gasteiger partial charge in [-0.05, 0) is 74.8 Å². The van der Waals surface area contributed by atoms with E-state index >= 15 is 0 Å². The van der Waals surface area contributed by atoms with Crippen LogP contribution >= 0.6 is 0 Å². The van der Waals surface area contributed by atoms with Gasteiger partial charge in [-0.2, -0.15) is 0 Å². The predicted molar refractivity (Wildman–Crippen MR) is 208 cm³/mol. The lowest BCUT2D eigenvalue weighted by Gasteiger charge is -2.14. The Labute approximate surface area is 298 Å². The second-order valence-corrected chi connectivity index (χ2v) is 14.7. The molecule has 8 aromatic rings. The molecule has 0 saturated heterocycles. The molecule has 0 spiro atoms. The first-order valence-electron chi connectivity index (χ1n) is 17.0. The Morgan fingerprint density at radius 1 is 0.314 bits per heavy atom. The van der Waals surface area contributed by atoms with E-state index in [9.17, 15) is 8.42 Å². The van der Waals surface area contributed by atoms with Gasteiger partial charge in [0.2, 0.25) is 9.84 Å². The fraction of sp³-hybridized carbons (Fsp3) is 0. The van der Waals surface area contributed by atoms with Crippen molar-refractivity contribution in [2.45, 2.75) is 9.79 Å². The van der Waals surface area contributed by atoms with Crippen molar-refractivity contribution in [3.8, 4) is 78.1 Å². The van der Waals surface area contributed by atoms with Gasteiger partial charge in [0.25, 0.3) is 0 Å². The van der Waals surface area contributed by atoms with Crippen LogP contribution in [0.5, 0.6) is 0 Å². The molecule has 0 aliphatic carbocycles. The van der Waals surface area contributed by atoms with Gasteiger partial charge in [-0.1, -0.05) is 158 Å². The largest absolute Gasteiger partial charge is 0.248 e. The number of fused-ring (bicyclic) bond motifs is 3. The van der Waals surface area contributed by atoms with Crippen molar-refractivity contribution >= 4 is 9.84 Å². The van der Waals surface area contributed by atoms with Crippen molar-refractivity contribution in [3.63, 3.8) is 0 Å². The molecular formula is C47H31NO2S. The molecule has 7 aromatic carbocycles. The summed E-state index contributed by atoms with van der Waals surface area (Å²) in [6, 6.07) is 63.1. The third-order valence-electron chi connectivity index (χ3n) is 9.68. The monoisotopic (exact) mass is 673 g/mol. The van der Waals surface area contributed by atoms with Crippen LogP contribution in [0.4, 0.5) is 0 Å². The molecule has 242 valence electrons. The van der Waals surface area contributed by atoms with Gasteiger partial charge in [0.15, 0.2) is 0 Å². The fourth-order valence-corrected chi connectivity index (χ4v) is 8.75. The summed E-state index contributed by atoms with van der Waals surface area (Å²) < 4.78 is 28.0. The quantitative estimate of drug-likeness (QED) is 0.176. The van der Waals surface area contributed by atoms with Gasteiger partial charge in [0, 0.05) is 22.3 Å². The number of hydrogen-bond donors (Lipinski definition) is 0. The van der Waals surface area contributed by atoms with Crippen molar-refractivity contribution in [3.05, 3.63) is 188 Å². The molecule has 0 saturated carbocycles. The molecule has 1 aromatic heterocycles. The molecule has 0 bridgehead atoms. The predicted octanol–water partition coefficient (Wildman–Crippen LogP) is 11.9. The molecule has 0 N–H and O–H groups in total. The molecule has 3 nitrogen and oxygen atoms in total. The number of aromatic nitrogens is 1. The van der Waals surface area contributed by atoms with Crippen molar-refractivity contribution < 1.29 is 8.42 Å². The minimum atomic E-state index is -3.72. The van der Waals surface area contributed by atoms with Crippen LogP contribution in [0.15, 0.2) is 198 Å². The van der Waals surface area contributed by atoms with Crippen molar-refractivity contribution in [1.82, 2.24) is 4.98 Å². The van der Waals surface area contributed by atoms with E-state index in [1.165, 1.54) is 0 Å². The second kappa shape index (κ2) is 12.5. The van der Waals surface area contributed by atoms with E-state index < -0.39 is 9.84 Å². The highest BCUT2D eigenvalue weighted by Crippen LogP contribution is 2.49. The van der Waals surface area contributed by atoms with Gasteiger partial charge < -0.3 is 0 Å². The Balaban J connectivity index is 1.18. The summed E-state index contributed by atoms with van der Waals surface area (Å²) in [5, 5.41) is 0. The number of nitrogens with zero attached hydrogens (tertiary/aromatic N) is 1. The van der Waals surface area contributed by atoms with Crippen LogP contribution in [-0.2, 0) is 9.84 Å². The molecule has 1 aliphatic rings. The lowest BCUT2D eigenvalue weighted by atomic mass is 9.92. The van der Waals surface area contributed by atoms with Gasteiger partial charge in [-0.3, -0.25) is 0 Å². The summed E-state index contributed by atoms with van der Waals surface area (Å²) in [4.78, 5) is 5.82. The van der Waals surface area contributed by atoms with Crippen LogP contribution in [0, 0.1) is 0 Å². The molecule has 2 heterocycles. The van der Waals surface area contributed by atoms with Crippen LogP contribution in [0.1, 0.15) is 0 Å². The van der Waals surface area contributed by atoms with Gasteiger partial charge in [0.05, 0.1) is 21.2 Å². The standard InChI is InChI=1S/C47H31NO2S/c49-51(50)45-28-27-39(36-23-19-34(20-24-36)32-11-4-1-5-12-32)29-42(45)47-41(17-10-18-46(47)51)44-31-40(30-43(48-44)38-15-8-3-9-16-38)37-25-21-35(22-26-37)33-13-6-2-7-14-33/h1-31H. The molecule has 4 heteroatoms. The summed E-state index contributed by atoms with van der Waals surface area (Å²) in [6.07, 6.45) is 0. The number of pyridine rings is 1. The zero-order valence-corrected chi connectivity index (χ0v) is 28.4. The van der Waals surface area contributed by atoms with Crippen LogP contribution in [0.2, 0.25) is 0 Å². The maximum absolute atomic E-state index is 14.0. The fourth-order valence-electron chi connectivity index (χ4n) is 7.07. The van der Waals surface area contributed by atoms with E-state index in [0.717, 1.165) is 67.0 Å². The number of rotatable bonds is 6. The van der Waals surface area contributed by atoms with Crippen LogP contribution in [-0.4, -0.2) is 13.4 Å². The van der Waals surface area contributed by atoms with Crippen molar-refractivity contribution in [2.24, 2.45) is 0 Å². The first-order valence-corrected chi connectivity index (χ1v) is 18.4. The summed E-state index contributed by atoms with van der Waals surface area (Å²) >= 11 is 0. The molecule has 1 aliphatic heterocycles. The lowest BCUT2D eigenvalue weighted by Crippen LogP contribution is -1.97. The minimum absolute atomic E-state index is 0.312. The van der Waals surface area contributed by atoms with Crippen LogP contribution < -0.4 is 0 Å². The van der Waals surface area contributed by atoms with E-state index in [1.54, 1.807) is 12.1 Å². The summed E-state index contributed by atoms with van der Waals surface area (Å²) in [5.74, 6) is 0. The highest BCUT2D eigenvalue weighted by molar-refractivity contribution is 7.92. The third-order valence-corrected chi connectivity index (χ3v) is 11.5. The molecule has 0 atom stereocenters. The second-order valence-electron chi connectivity index (χ2n) is 12.8. The van der Waals surface area contributed by atoms with Crippen LogP contribution in [0.3, 0.4) is 0 Å². The highest BCUT2D eigenvalue weighted by Gasteiger charge is 2.35. The Morgan fingerprint density at radius 3 is 1.33 bits per heavy atom. The maximum atomic E-state index is 14.0. The Morgan fingerprint density at radius 2 is 0.765 bits per heavy atom. The van der Waals surface area contributed by atoms with E-state index in [1.807, 2.05) is 78.9 Å². The molecule has 0 fully saturated rings. The molecule has 51 heavy (non-hydrogen) atoms. The van der Waals surface area contributed by atoms with Gasteiger partial charge in [-0.15, -0.1) is 0 Å². The Hall–Kier alpha value is -6.36. The molecule has 0 radical (unpaired) electrons. The summed E-state index contributed by atoms with van der Waals surface area (Å²) in [6.45, 7) is 0. The Kier molecular flexibility index (Phi) is 7.53. The summed E-state index contributed by atoms with van der Waals surface area (Å²) in [7, 11) is -3.72. The van der Waals surface area contributed by atoms with E-state index in [2.05, 4.69) is 97.1 Å². The van der Waals surface area contributed by atoms with E-state index in [0.29, 0.717) is 20.9 Å². The van der Waals surface area contributed by atoms with Crippen molar-refractivity contribution in [1.29, 1.82) is 0 Å². The maximum Gasteiger partial charge on any atom is 0.207 e. The number of benzene rings is 7. The lowest BCUT2D eigenvalue weighted by molar-refractivity contribution is 0.598. The normalized spacial score (nSPS) is 12.6. The third kappa shape index (κ3) is 5.56. The first kappa shape index (κ1) is 30.7. The summed E-state index contributed by atoms with van der Waals surface area (Å²) in [5.41, 5.74) is 13.3. The smallest absolute Gasteiger partial charge is 0.207 e. The van der Waals surface area contributed by atoms with E-state index in [-0.39, 0.29) is 0 Å². The topological polar surface area (TPSA) is 47.0 Å². The zero-order chi connectivity index (χ0) is 34.4. The van der Waals surface area contributed by atoms with Crippen LogP contribution in [0.25, 0.3) is 78.1 Å². The molecular weight excluding hydrogens is 643 g/mol. The van der Waals surface area contributed by atoms with Gasteiger partial charge in [-0.25, -0.2) is 13.4 Å². The van der Waals surface area contributed by atoms with Crippen molar-refractivity contribution in [2.75, 3.05) is 0 Å². The molecule has 0 amide bonds. The highest BCUT2D eigenvalue weighted by atomic mass is 32.2. The Bertz CT molecular complexity index is 2650. The molecule has 9 rings (SSSR count). The van der Waals surface area contributed by atoms with Gasteiger partial charge in [0.1, 0.15) is 0 Å².